The van der Waals surface area contributed by atoms with E-state index in [9.17, 15) is 4.79 Å². The van der Waals surface area contributed by atoms with Gasteiger partial charge in [-0.3, -0.25) is 0 Å². The van der Waals surface area contributed by atoms with E-state index < -0.39 is 0 Å². The highest BCUT2D eigenvalue weighted by Gasteiger charge is 2.09. The van der Waals surface area contributed by atoms with Crippen LogP contribution in [0, 0.1) is 12.8 Å². The number of halogens is 1. The van der Waals surface area contributed by atoms with Gasteiger partial charge in [0, 0.05) is 6.92 Å². The zero-order chi connectivity index (χ0) is 13.9. The number of fused-ring (bicyclic) bond motifs is 1. The molecule has 1 aliphatic heterocycles. The molecule has 0 radical (unpaired) electrons. The van der Waals surface area contributed by atoms with Gasteiger partial charge in [0.25, 0.3) is 0 Å². The van der Waals surface area contributed by atoms with Crippen molar-refractivity contribution in [3.63, 3.8) is 0 Å². The van der Waals surface area contributed by atoms with E-state index in [2.05, 4.69) is 22.5 Å². The van der Waals surface area contributed by atoms with Crippen LogP contribution in [-0.2, 0) is 0 Å². The van der Waals surface area contributed by atoms with Gasteiger partial charge in [0.2, 0.25) is 0 Å². The lowest BCUT2D eigenvalue weighted by Gasteiger charge is -2.19. The molecule has 1 aliphatic rings. The van der Waals surface area contributed by atoms with Crippen LogP contribution in [0.3, 0.4) is 0 Å². The molecule has 1 saturated heterocycles. The van der Waals surface area contributed by atoms with Gasteiger partial charge in [-0.15, -0.1) is 12.4 Å². The average Bonchev–Trinajstić information content (AvgIpc) is 2.45. The van der Waals surface area contributed by atoms with Gasteiger partial charge in [-0.25, -0.2) is 9.78 Å². The third-order valence-corrected chi connectivity index (χ3v) is 3.70. The van der Waals surface area contributed by atoms with E-state index in [1.54, 1.807) is 13.0 Å². The maximum Gasteiger partial charge on any atom is 0.346 e. The van der Waals surface area contributed by atoms with Crippen molar-refractivity contribution in [2.75, 3.05) is 13.1 Å². The van der Waals surface area contributed by atoms with E-state index in [0.29, 0.717) is 22.7 Å². The first-order valence-corrected chi connectivity index (χ1v) is 7.03. The molecule has 112 valence electrons. The minimum absolute atomic E-state index is 0. The van der Waals surface area contributed by atoms with Crippen molar-refractivity contribution in [1.82, 2.24) is 10.3 Å². The molecule has 1 N–H and O–H groups in total. The monoisotopic (exact) mass is 306 g/mol. The van der Waals surface area contributed by atoms with Crippen LogP contribution >= 0.6 is 12.4 Å². The predicted molar refractivity (Wildman–Crippen MR) is 86.9 cm³/mol. The smallest absolute Gasteiger partial charge is 0.346 e. The summed E-state index contributed by atoms with van der Waals surface area (Å²) in [5.41, 5.74) is 1.46. The minimum Gasteiger partial charge on any atom is -0.408 e. The quantitative estimate of drug-likeness (QED) is 0.927. The molecule has 1 aromatic heterocycles. The van der Waals surface area contributed by atoms with Crippen LogP contribution < -0.4 is 10.9 Å². The van der Waals surface area contributed by atoms with E-state index in [4.69, 9.17) is 4.42 Å². The van der Waals surface area contributed by atoms with Crippen LogP contribution in [0.5, 0.6) is 0 Å². The summed E-state index contributed by atoms with van der Waals surface area (Å²) in [6.07, 6.45) is 6.76. The Morgan fingerprint density at radius 2 is 2.10 bits per heavy atom. The number of nitrogens with zero attached hydrogens (tertiary/aromatic N) is 1. The van der Waals surface area contributed by atoms with Crippen LogP contribution in [0.2, 0.25) is 0 Å². The molecule has 0 bridgehead atoms. The van der Waals surface area contributed by atoms with Gasteiger partial charge in [0.05, 0.1) is 10.9 Å². The fraction of sp³-hybridized carbons (Fsp3) is 0.375. The van der Waals surface area contributed by atoms with Crippen molar-refractivity contribution in [3.8, 4) is 0 Å². The molecule has 4 nitrogen and oxygen atoms in total. The second kappa shape index (κ2) is 6.87. The highest BCUT2D eigenvalue weighted by Crippen LogP contribution is 2.17. The predicted octanol–water partition coefficient (Wildman–Crippen LogP) is 2.93. The van der Waals surface area contributed by atoms with Crippen LogP contribution in [0.25, 0.3) is 17.0 Å². The Bertz CT molecular complexity index is 703. The summed E-state index contributed by atoms with van der Waals surface area (Å²) in [6, 6.07) is 5.67. The number of rotatable bonds is 2. The molecule has 21 heavy (non-hydrogen) atoms. The minimum atomic E-state index is -0.318. The van der Waals surface area contributed by atoms with E-state index in [0.717, 1.165) is 18.7 Å². The number of benzene rings is 1. The average molecular weight is 307 g/mol. The first-order chi connectivity index (χ1) is 9.72. The SMILES string of the molecule is Cc1nc2cc(C=CC3CCNCC3)ccc2c(=O)o1.Cl. The molecule has 3 rings (SSSR count). The lowest BCUT2D eigenvalue weighted by molar-refractivity contribution is 0.438. The molecule has 0 unspecified atom stereocenters. The fourth-order valence-electron chi connectivity index (χ4n) is 2.58. The number of piperidine rings is 1. The Balaban J connectivity index is 0.00000161. The molecular formula is C16H19ClN2O2. The maximum atomic E-state index is 11.7. The summed E-state index contributed by atoms with van der Waals surface area (Å²) in [7, 11) is 0. The molecule has 0 spiro atoms. The third kappa shape index (κ3) is 3.71. The van der Waals surface area contributed by atoms with E-state index in [1.165, 1.54) is 12.8 Å². The lowest BCUT2D eigenvalue weighted by atomic mass is 9.97. The molecule has 2 aromatic rings. The summed E-state index contributed by atoms with van der Waals surface area (Å²) < 4.78 is 4.99. The summed E-state index contributed by atoms with van der Waals surface area (Å²) in [6.45, 7) is 3.88. The van der Waals surface area contributed by atoms with Gasteiger partial charge in [-0.2, -0.15) is 0 Å². The Labute approximate surface area is 129 Å². The first kappa shape index (κ1) is 15.7. The van der Waals surface area contributed by atoms with Gasteiger partial charge in [-0.1, -0.05) is 18.2 Å². The Hall–Kier alpha value is -1.65. The highest BCUT2D eigenvalue weighted by molar-refractivity contribution is 5.85. The molecule has 1 fully saturated rings. The van der Waals surface area contributed by atoms with Crippen molar-refractivity contribution in [1.29, 1.82) is 0 Å². The number of aromatic nitrogens is 1. The van der Waals surface area contributed by atoms with E-state index >= 15 is 0 Å². The van der Waals surface area contributed by atoms with Crippen LogP contribution in [0.1, 0.15) is 24.3 Å². The molecule has 1 aromatic carbocycles. The number of nitrogens with one attached hydrogen (secondary N) is 1. The summed E-state index contributed by atoms with van der Waals surface area (Å²) in [5.74, 6) is 1.05. The Morgan fingerprint density at radius 3 is 2.86 bits per heavy atom. The van der Waals surface area contributed by atoms with Crippen molar-refractivity contribution in [2.24, 2.45) is 5.92 Å². The van der Waals surface area contributed by atoms with Crippen LogP contribution in [-0.4, -0.2) is 18.1 Å². The summed E-state index contributed by atoms with van der Waals surface area (Å²) in [4.78, 5) is 16.0. The van der Waals surface area contributed by atoms with Crippen molar-refractivity contribution < 1.29 is 4.42 Å². The van der Waals surface area contributed by atoms with Gasteiger partial charge in [0.1, 0.15) is 0 Å². The fourth-order valence-corrected chi connectivity index (χ4v) is 2.58. The molecule has 5 heteroatoms. The Morgan fingerprint density at radius 1 is 1.33 bits per heavy atom. The van der Waals surface area contributed by atoms with E-state index in [-0.39, 0.29) is 18.0 Å². The molecule has 0 aliphatic carbocycles. The lowest BCUT2D eigenvalue weighted by Crippen LogP contribution is -2.26. The summed E-state index contributed by atoms with van der Waals surface area (Å²) >= 11 is 0. The number of aryl methyl sites for hydroxylation is 1. The number of allylic oxidation sites excluding steroid dienone is 1. The van der Waals surface area contributed by atoms with Crippen molar-refractivity contribution in [2.45, 2.75) is 19.8 Å². The zero-order valence-electron chi connectivity index (χ0n) is 12.0. The van der Waals surface area contributed by atoms with Crippen LogP contribution in [0.15, 0.2) is 33.5 Å². The Kier molecular flexibility index (Phi) is 5.15. The van der Waals surface area contributed by atoms with Crippen molar-refractivity contribution in [3.05, 3.63) is 46.1 Å². The zero-order valence-corrected chi connectivity index (χ0v) is 12.8. The molecule has 0 atom stereocenters. The van der Waals surface area contributed by atoms with E-state index in [1.807, 2.05) is 12.1 Å². The second-order valence-corrected chi connectivity index (χ2v) is 5.24. The van der Waals surface area contributed by atoms with Crippen molar-refractivity contribution >= 4 is 29.4 Å². The molecule has 0 saturated carbocycles. The van der Waals surface area contributed by atoms with Gasteiger partial charge >= 0.3 is 5.63 Å². The topological polar surface area (TPSA) is 55.1 Å². The molecule has 2 heterocycles. The van der Waals surface area contributed by atoms with Gasteiger partial charge in [-0.05, 0) is 49.5 Å². The number of hydrogen-bond donors (Lipinski definition) is 1. The van der Waals surface area contributed by atoms with Crippen LogP contribution in [0.4, 0.5) is 0 Å². The summed E-state index contributed by atoms with van der Waals surface area (Å²) in [5, 5.41) is 3.90. The standard InChI is InChI=1S/C16H18N2O2.ClH/c1-11-18-15-10-13(4-5-14(15)16(19)20-11)3-2-12-6-8-17-9-7-12;/h2-5,10,12,17H,6-9H2,1H3;1H. The maximum absolute atomic E-state index is 11.7. The normalized spacial score (nSPS) is 16.2. The van der Waals surface area contributed by atoms with Gasteiger partial charge < -0.3 is 9.73 Å². The second-order valence-electron chi connectivity index (χ2n) is 5.24. The largest absolute Gasteiger partial charge is 0.408 e. The molecular weight excluding hydrogens is 288 g/mol. The molecule has 0 amide bonds. The highest BCUT2D eigenvalue weighted by atomic mass is 35.5. The number of hydrogen-bond acceptors (Lipinski definition) is 4. The first-order valence-electron chi connectivity index (χ1n) is 7.03. The van der Waals surface area contributed by atoms with Gasteiger partial charge in [0.15, 0.2) is 5.89 Å². The third-order valence-electron chi connectivity index (χ3n) is 3.70.